The van der Waals surface area contributed by atoms with Crippen LogP contribution in [0.5, 0.6) is 0 Å². The lowest BCUT2D eigenvalue weighted by Gasteiger charge is -2.39. The van der Waals surface area contributed by atoms with Crippen molar-refractivity contribution < 1.29 is 0 Å². The molecule has 0 radical (unpaired) electrons. The van der Waals surface area contributed by atoms with Crippen LogP contribution in [0.15, 0.2) is 23.7 Å². The van der Waals surface area contributed by atoms with Gasteiger partial charge in [-0.05, 0) is 37.6 Å². The second kappa shape index (κ2) is 4.27. The third kappa shape index (κ3) is 2.15. The number of aromatic amines is 1. The molecule has 1 fully saturated rings. The molecule has 2 N–H and O–H groups in total. The second-order valence-electron chi connectivity index (χ2n) is 5.02. The van der Waals surface area contributed by atoms with Gasteiger partial charge in [0.1, 0.15) is 0 Å². The summed E-state index contributed by atoms with van der Waals surface area (Å²) in [4.78, 5) is 1.26. The molecular formula is C13H17N3S. The van der Waals surface area contributed by atoms with Crippen molar-refractivity contribution in [3.05, 3.63) is 29.3 Å². The molecule has 0 aliphatic heterocycles. The summed E-state index contributed by atoms with van der Waals surface area (Å²) < 4.78 is 0. The van der Waals surface area contributed by atoms with Crippen LogP contribution in [-0.4, -0.2) is 15.7 Å². The van der Waals surface area contributed by atoms with Crippen molar-refractivity contribution in [2.45, 2.75) is 38.3 Å². The molecule has 2 aromatic rings. The Morgan fingerprint density at radius 1 is 1.53 bits per heavy atom. The highest BCUT2D eigenvalue weighted by Gasteiger charge is 2.31. The van der Waals surface area contributed by atoms with Gasteiger partial charge in [0.15, 0.2) is 0 Å². The lowest BCUT2D eigenvalue weighted by Crippen LogP contribution is -2.47. The summed E-state index contributed by atoms with van der Waals surface area (Å²) in [5.74, 6) is 0. The molecule has 0 aromatic carbocycles. The molecule has 3 nitrogen and oxygen atoms in total. The number of aromatic nitrogens is 2. The molecule has 0 amide bonds. The Balaban J connectivity index is 1.73. The van der Waals surface area contributed by atoms with Crippen LogP contribution in [0.1, 0.15) is 31.7 Å². The molecule has 0 spiro atoms. The summed E-state index contributed by atoms with van der Waals surface area (Å²) in [5.41, 5.74) is 2.78. The van der Waals surface area contributed by atoms with Gasteiger partial charge < -0.3 is 5.32 Å². The van der Waals surface area contributed by atoms with E-state index >= 15 is 0 Å². The van der Waals surface area contributed by atoms with E-state index in [1.807, 2.05) is 6.20 Å². The minimum absolute atomic E-state index is 0.351. The summed E-state index contributed by atoms with van der Waals surface area (Å²) in [5, 5.41) is 13.0. The van der Waals surface area contributed by atoms with Crippen molar-refractivity contribution in [3.8, 4) is 10.6 Å². The van der Waals surface area contributed by atoms with Crippen molar-refractivity contribution in [1.82, 2.24) is 15.5 Å². The Morgan fingerprint density at radius 2 is 2.41 bits per heavy atom. The van der Waals surface area contributed by atoms with E-state index in [4.69, 9.17) is 0 Å². The highest BCUT2D eigenvalue weighted by atomic mass is 32.1. The number of rotatable bonds is 4. The minimum atomic E-state index is 0.351. The van der Waals surface area contributed by atoms with E-state index in [2.05, 4.69) is 40.0 Å². The molecule has 90 valence electrons. The summed E-state index contributed by atoms with van der Waals surface area (Å²) in [7, 11) is 0. The maximum absolute atomic E-state index is 4.16. The second-order valence-corrected chi connectivity index (χ2v) is 5.96. The Labute approximate surface area is 105 Å². The van der Waals surface area contributed by atoms with Gasteiger partial charge in [0.2, 0.25) is 0 Å². The number of nitrogens with zero attached hydrogens (tertiary/aromatic N) is 1. The first kappa shape index (κ1) is 11.0. The third-order valence-corrected chi connectivity index (χ3v) is 4.54. The molecule has 0 unspecified atom stereocenters. The van der Waals surface area contributed by atoms with Gasteiger partial charge in [-0.1, -0.05) is 6.07 Å². The zero-order chi connectivity index (χ0) is 11.7. The fourth-order valence-corrected chi connectivity index (χ4v) is 3.03. The zero-order valence-corrected chi connectivity index (χ0v) is 10.8. The van der Waals surface area contributed by atoms with Gasteiger partial charge in [0.05, 0.1) is 16.8 Å². The normalized spacial score (nSPS) is 17.9. The van der Waals surface area contributed by atoms with E-state index in [0.29, 0.717) is 5.54 Å². The van der Waals surface area contributed by atoms with Crippen LogP contribution in [0.4, 0.5) is 0 Å². The smallest absolute Gasteiger partial charge is 0.0794 e. The lowest BCUT2D eigenvalue weighted by molar-refractivity contribution is 0.207. The lowest BCUT2D eigenvalue weighted by atomic mass is 9.78. The highest BCUT2D eigenvalue weighted by Crippen LogP contribution is 2.32. The van der Waals surface area contributed by atoms with E-state index in [-0.39, 0.29) is 0 Å². The summed E-state index contributed by atoms with van der Waals surface area (Å²) in [6, 6.07) is 4.21. The van der Waals surface area contributed by atoms with Gasteiger partial charge >= 0.3 is 0 Å². The van der Waals surface area contributed by atoms with Gasteiger partial charge in [0, 0.05) is 17.6 Å². The first-order valence-corrected chi connectivity index (χ1v) is 6.96. The van der Waals surface area contributed by atoms with Gasteiger partial charge in [-0.3, -0.25) is 5.10 Å². The van der Waals surface area contributed by atoms with Gasteiger partial charge in [-0.15, -0.1) is 11.3 Å². The standard InChI is InChI=1S/C13H17N3S/c1-13(5-3-6-13)14-8-10-9-15-16-12(10)11-4-2-7-17-11/h2,4,7,9,14H,3,5-6,8H2,1H3,(H,15,16). The van der Waals surface area contributed by atoms with Crippen molar-refractivity contribution in [3.63, 3.8) is 0 Å². The van der Waals surface area contributed by atoms with Crippen LogP contribution in [-0.2, 0) is 6.54 Å². The Morgan fingerprint density at radius 3 is 3.06 bits per heavy atom. The molecule has 1 aliphatic carbocycles. The van der Waals surface area contributed by atoms with E-state index in [9.17, 15) is 0 Å². The number of nitrogens with one attached hydrogen (secondary N) is 2. The van der Waals surface area contributed by atoms with Gasteiger partial charge in [-0.25, -0.2) is 0 Å². The molecule has 1 aliphatic rings. The fourth-order valence-electron chi connectivity index (χ4n) is 2.27. The SMILES string of the molecule is CC1(NCc2cn[nH]c2-c2cccs2)CCC1. The van der Waals surface area contributed by atoms with E-state index in [0.717, 1.165) is 12.2 Å². The number of thiophene rings is 1. The summed E-state index contributed by atoms with van der Waals surface area (Å²) in [6.07, 6.45) is 5.87. The Kier molecular flexibility index (Phi) is 2.76. The molecule has 0 atom stereocenters. The molecule has 2 heterocycles. The molecule has 0 bridgehead atoms. The van der Waals surface area contributed by atoms with Crippen molar-refractivity contribution in [2.24, 2.45) is 0 Å². The molecule has 17 heavy (non-hydrogen) atoms. The first-order chi connectivity index (χ1) is 8.27. The van der Waals surface area contributed by atoms with Crippen molar-refractivity contribution >= 4 is 11.3 Å². The third-order valence-electron chi connectivity index (χ3n) is 3.65. The van der Waals surface area contributed by atoms with Crippen LogP contribution in [0.3, 0.4) is 0 Å². The molecule has 1 saturated carbocycles. The van der Waals surface area contributed by atoms with Crippen LogP contribution in [0.25, 0.3) is 10.6 Å². The van der Waals surface area contributed by atoms with Crippen molar-refractivity contribution in [1.29, 1.82) is 0 Å². The topological polar surface area (TPSA) is 40.7 Å². The van der Waals surface area contributed by atoms with Crippen LogP contribution in [0, 0.1) is 0 Å². The average Bonchev–Trinajstić information content (AvgIpc) is 2.93. The summed E-state index contributed by atoms with van der Waals surface area (Å²) >= 11 is 1.75. The first-order valence-electron chi connectivity index (χ1n) is 6.08. The maximum atomic E-state index is 4.16. The van der Waals surface area contributed by atoms with E-state index in [1.54, 1.807) is 11.3 Å². The fraction of sp³-hybridized carbons (Fsp3) is 0.462. The zero-order valence-electron chi connectivity index (χ0n) is 9.99. The molecule has 4 heteroatoms. The van der Waals surface area contributed by atoms with Crippen LogP contribution < -0.4 is 5.32 Å². The largest absolute Gasteiger partial charge is 0.307 e. The highest BCUT2D eigenvalue weighted by molar-refractivity contribution is 7.13. The molecular weight excluding hydrogens is 230 g/mol. The Bertz CT molecular complexity index is 482. The Hall–Kier alpha value is -1.13. The number of H-pyrrole nitrogens is 1. The number of hydrogen-bond donors (Lipinski definition) is 2. The van der Waals surface area contributed by atoms with Gasteiger partial charge in [0.25, 0.3) is 0 Å². The molecule has 0 saturated heterocycles. The molecule has 2 aromatic heterocycles. The van der Waals surface area contributed by atoms with Gasteiger partial charge in [-0.2, -0.15) is 5.10 Å². The molecule has 3 rings (SSSR count). The predicted octanol–water partition coefficient (Wildman–Crippen LogP) is 3.17. The van der Waals surface area contributed by atoms with E-state index < -0.39 is 0 Å². The maximum Gasteiger partial charge on any atom is 0.0794 e. The minimum Gasteiger partial charge on any atom is -0.307 e. The van der Waals surface area contributed by atoms with Crippen LogP contribution >= 0.6 is 11.3 Å². The van der Waals surface area contributed by atoms with E-state index in [1.165, 1.54) is 29.7 Å². The van der Waals surface area contributed by atoms with Crippen LogP contribution in [0.2, 0.25) is 0 Å². The quantitative estimate of drug-likeness (QED) is 0.871. The van der Waals surface area contributed by atoms with Crippen molar-refractivity contribution in [2.75, 3.05) is 0 Å². The average molecular weight is 247 g/mol. The predicted molar refractivity (Wildman–Crippen MR) is 71.0 cm³/mol. The summed E-state index contributed by atoms with van der Waals surface area (Å²) in [6.45, 7) is 3.21. The number of hydrogen-bond acceptors (Lipinski definition) is 3. The monoisotopic (exact) mass is 247 g/mol.